The molecular formula is C17H16ClF2N3O. The first-order chi connectivity index (χ1) is 11.5. The molecule has 1 aliphatic rings. The zero-order chi connectivity index (χ0) is 17.1. The zero-order valence-electron chi connectivity index (χ0n) is 12.7. The number of hydrogen-bond donors (Lipinski definition) is 3. The van der Waals surface area contributed by atoms with Crippen molar-refractivity contribution in [3.05, 3.63) is 70.2 Å². The van der Waals surface area contributed by atoms with Gasteiger partial charge in [-0.25, -0.2) is 19.6 Å². The molecule has 0 spiro atoms. The third-order valence-electron chi connectivity index (χ3n) is 3.86. The van der Waals surface area contributed by atoms with E-state index in [0.29, 0.717) is 17.0 Å². The molecule has 1 amide bonds. The first-order valence-corrected chi connectivity index (χ1v) is 7.88. The topological polar surface area (TPSA) is 53.2 Å². The van der Waals surface area contributed by atoms with E-state index in [1.54, 1.807) is 6.07 Å². The molecule has 0 saturated carbocycles. The largest absolute Gasteiger partial charge is 0.351 e. The number of carbonyl (C=O) groups is 1. The highest BCUT2D eigenvalue weighted by atomic mass is 35.5. The van der Waals surface area contributed by atoms with Crippen molar-refractivity contribution in [2.45, 2.75) is 25.0 Å². The molecule has 1 aliphatic heterocycles. The van der Waals surface area contributed by atoms with Gasteiger partial charge in [0, 0.05) is 23.7 Å². The van der Waals surface area contributed by atoms with Crippen LogP contribution in [0.3, 0.4) is 0 Å². The lowest BCUT2D eigenvalue weighted by atomic mass is 10.0. The maximum atomic E-state index is 13.1. The first kappa shape index (κ1) is 16.8. The number of hydrazine groups is 1. The molecule has 2 atom stereocenters. The number of amides is 1. The Kier molecular flexibility index (Phi) is 5.08. The second-order valence-electron chi connectivity index (χ2n) is 5.68. The highest BCUT2D eigenvalue weighted by Gasteiger charge is 2.30. The molecule has 24 heavy (non-hydrogen) atoms. The fraction of sp³-hybridized carbons (Fsp3) is 0.235. The van der Waals surface area contributed by atoms with Crippen molar-refractivity contribution in [1.29, 1.82) is 0 Å². The highest BCUT2D eigenvalue weighted by molar-refractivity contribution is 6.30. The van der Waals surface area contributed by atoms with E-state index in [4.69, 9.17) is 11.6 Å². The molecule has 126 valence electrons. The summed E-state index contributed by atoms with van der Waals surface area (Å²) in [4.78, 5) is 12.2. The maximum absolute atomic E-state index is 13.1. The minimum atomic E-state index is -0.666. The van der Waals surface area contributed by atoms with E-state index in [9.17, 15) is 13.6 Å². The molecule has 2 aromatic carbocycles. The van der Waals surface area contributed by atoms with Gasteiger partial charge < -0.3 is 5.32 Å². The van der Waals surface area contributed by atoms with E-state index < -0.39 is 17.7 Å². The summed E-state index contributed by atoms with van der Waals surface area (Å²) in [5.74, 6) is -1.57. The van der Waals surface area contributed by atoms with Crippen LogP contribution < -0.4 is 16.2 Å². The SMILES string of the molecule is O=C(NCc1cc(F)cc(F)c1)C1CC(c2cccc(Cl)c2)NN1. The number of nitrogens with one attached hydrogen (secondary N) is 3. The molecule has 1 heterocycles. The minimum absolute atomic E-state index is 0.0361. The molecule has 3 rings (SSSR count). The van der Waals surface area contributed by atoms with Gasteiger partial charge in [-0.15, -0.1) is 0 Å². The fourth-order valence-electron chi connectivity index (χ4n) is 2.70. The Morgan fingerprint density at radius 1 is 1.17 bits per heavy atom. The Morgan fingerprint density at radius 3 is 2.62 bits per heavy atom. The van der Waals surface area contributed by atoms with Crippen LogP contribution in [0.2, 0.25) is 5.02 Å². The molecule has 7 heteroatoms. The molecule has 2 aromatic rings. The van der Waals surface area contributed by atoms with Crippen LogP contribution in [0.1, 0.15) is 23.6 Å². The summed E-state index contributed by atoms with van der Waals surface area (Å²) < 4.78 is 26.3. The number of halogens is 3. The van der Waals surface area contributed by atoms with Gasteiger partial charge >= 0.3 is 0 Å². The molecular weight excluding hydrogens is 336 g/mol. The second-order valence-corrected chi connectivity index (χ2v) is 6.12. The predicted molar refractivity (Wildman–Crippen MR) is 87.1 cm³/mol. The molecule has 3 N–H and O–H groups in total. The van der Waals surface area contributed by atoms with Crippen LogP contribution in [0, 0.1) is 11.6 Å². The summed E-state index contributed by atoms with van der Waals surface area (Å²) in [5, 5.41) is 3.31. The minimum Gasteiger partial charge on any atom is -0.351 e. The predicted octanol–water partition coefficient (Wildman–Crippen LogP) is 2.84. The van der Waals surface area contributed by atoms with Gasteiger partial charge in [-0.1, -0.05) is 23.7 Å². The summed E-state index contributed by atoms with van der Waals surface area (Å²) >= 11 is 5.98. The van der Waals surface area contributed by atoms with E-state index in [-0.39, 0.29) is 18.5 Å². The number of carbonyl (C=O) groups excluding carboxylic acids is 1. The van der Waals surface area contributed by atoms with Crippen molar-refractivity contribution in [1.82, 2.24) is 16.2 Å². The van der Waals surface area contributed by atoms with Gasteiger partial charge in [0.25, 0.3) is 0 Å². The van der Waals surface area contributed by atoms with Gasteiger partial charge in [0.1, 0.15) is 17.7 Å². The third kappa shape index (κ3) is 4.08. The van der Waals surface area contributed by atoms with E-state index in [1.165, 1.54) is 12.1 Å². The lowest BCUT2D eigenvalue weighted by Gasteiger charge is -2.11. The van der Waals surface area contributed by atoms with Crippen molar-refractivity contribution in [2.75, 3.05) is 0 Å². The fourth-order valence-corrected chi connectivity index (χ4v) is 2.89. The van der Waals surface area contributed by atoms with Gasteiger partial charge in [0.2, 0.25) is 5.91 Å². The normalized spacial score (nSPS) is 20.1. The van der Waals surface area contributed by atoms with E-state index in [0.717, 1.165) is 11.6 Å². The van der Waals surface area contributed by atoms with Crippen molar-refractivity contribution in [3.8, 4) is 0 Å². The molecule has 0 bridgehead atoms. The Bertz CT molecular complexity index is 736. The maximum Gasteiger partial charge on any atom is 0.238 e. The zero-order valence-corrected chi connectivity index (χ0v) is 13.4. The van der Waals surface area contributed by atoms with Crippen molar-refractivity contribution in [3.63, 3.8) is 0 Å². The monoisotopic (exact) mass is 351 g/mol. The number of benzene rings is 2. The quantitative estimate of drug-likeness (QED) is 0.794. The number of rotatable bonds is 4. The van der Waals surface area contributed by atoms with Crippen LogP contribution in [-0.4, -0.2) is 11.9 Å². The van der Waals surface area contributed by atoms with Gasteiger partial charge in [0.15, 0.2) is 0 Å². The van der Waals surface area contributed by atoms with Crippen LogP contribution in [-0.2, 0) is 11.3 Å². The van der Waals surface area contributed by atoms with E-state index in [1.807, 2.05) is 18.2 Å². The molecule has 4 nitrogen and oxygen atoms in total. The van der Waals surface area contributed by atoms with Gasteiger partial charge in [-0.3, -0.25) is 4.79 Å². The average molecular weight is 352 g/mol. The van der Waals surface area contributed by atoms with Crippen LogP contribution in [0.25, 0.3) is 0 Å². The summed E-state index contributed by atoms with van der Waals surface area (Å²) in [5.41, 5.74) is 7.35. The summed E-state index contributed by atoms with van der Waals surface area (Å²) in [6.45, 7) is 0.0630. The molecule has 0 aromatic heterocycles. The Labute approximate surface area is 143 Å². The smallest absolute Gasteiger partial charge is 0.238 e. The van der Waals surface area contributed by atoms with Crippen molar-refractivity contribution >= 4 is 17.5 Å². The molecule has 0 aliphatic carbocycles. The van der Waals surface area contributed by atoms with Gasteiger partial charge in [-0.2, -0.15) is 0 Å². The Hall–Kier alpha value is -2.02. The van der Waals surface area contributed by atoms with Gasteiger partial charge in [-0.05, 0) is 41.8 Å². The summed E-state index contributed by atoms with van der Waals surface area (Å²) in [6.07, 6.45) is 0.545. The van der Waals surface area contributed by atoms with Crippen LogP contribution in [0.5, 0.6) is 0 Å². The summed E-state index contributed by atoms with van der Waals surface area (Å²) in [6, 6.07) is 10.1. The van der Waals surface area contributed by atoms with E-state index in [2.05, 4.69) is 16.2 Å². The molecule has 1 saturated heterocycles. The lowest BCUT2D eigenvalue weighted by Crippen LogP contribution is -2.42. The Morgan fingerprint density at radius 2 is 1.92 bits per heavy atom. The molecule has 1 fully saturated rings. The third-order valence-corrected chi connectivity index (χ3v) is 4.09. The van der Waals surface area contributed by atoms with Crippen molar-refractivity contribution < 1.29 is 13.6 Å². The lowest BCUT2D eigenvalue weighted by molar-refractivity contribution is -0.123. The van der Waals surface area contributed by atoms with Crippen LogP contribution in [0.4, 0.5) is 8.78 Å². The molecule has 2 unspecified atom stereocenters. The standard InChI is InChI=1S/C17H16ClF2N3O/c18-12-3-1-2-11(6-12)15-8-16(23-22-15)17(24)21-9-10-4-13(19)7-14(20)5-10/h1-7,15-16,22-23H,8-9H2,(H,21,24). The summed E-state index contributed by atoms with van der Waals surface area (Å²) in [7, 11) is 0. The second kappa shape index (κ2) is 7.25. The van der Waals surface area contributed by atoms with Crippen LogP contribution >= 0.6 is 11.6 Å². The van der Waals surface area contributed by atoms with Gasteiger partial charge in [0.05, 0.1) is 0 Å². The van der Waals surface area contributed by atoms with Crippen LogP contribution in [0.15, 0.2) is 42.5 Å². The molecule has 0 radical (unpaired) electrons. The highest BCUT2D eigenvalue weighted by Crippen LogP contribution is 2.24. The first-order valence-electron chi connectivity index (χ1n) is 7.50. The van der Waals surface area contributed by atoms with E-state index >= 15 is 0 Å². The number of hydrogen-bond acceptors (Lipinski definition) is 3. The van der Waals surface area contributed by atoms with Crippen molar-refractivity contribution in [2.24, 2.45) is 0 Å². The Balaban J connectivity index is 1.56. The average Bonchev–Trinajstić information content (AvgIpc) is 3.02.